The molecule has 0 radical (unpaired) electrons. The third-order valence-corrected chi connectivity index (χ3v) is 2.86. The molecule has 0 saturated heterocycles. The molecule has 0 aromatic carbocycles. The van der Waals surface area contributed by atoms with Crippen LogP contribution < -0.4 is 10.6 Å². The van der Waals surface area contributed by atoms with E-state index >= 15 is 0 Å². The molecule has 2 rings (SSSR count). The standard InChI is InChI=1S/C14H19N5O/c1-9(2)19-8-12(7-16-19)18-14(20)11-5-10(3)17-13(6-11)15-4/h5-9H,1-4H3,(H,15,17)(H,18,20). The van der Waals surface area contributed by atoms with E-state index in [1.807, 2.05) is 27.0 Å². The van der Waals surface area contributed by atoms with E-state index in [0.29, 0.717) is 17.1 Å². The lowest BCUT2D eigenvalue weighted by Gasteiger charge is -2.07. The van der Waals surface area contributed by atoms with Crippen molar-refractivity contribution in [2.75, 3.05) is 17.7 Å². The Morgan fingerprint density at radius 1 is 1.35 bits per heavy atom. The fourth-order valence-corrected chi connectivity index (χ4v) is 1.82. The lowest BCUT2D eigenvalue weighted by molar-refractivity contribution is 0.102. The molecule has 6 nitrogen and oxygen atoms in total. The van der Waals surface area contributed by atoms with Gasteiger partial charge in [0.25, 0.3) is 5.91 Å². The van der Waals surface area contributed by atoms with Crippen molar-refractivity contribution in [1.82, 2.24) is 14.8 Å². The maximum Gasteiger partial charge on any atom is 0.255 e. The maximum atomic E-state index is 12.2. The second-order valence-corrected chi connectivity index (χ2v) is 4.89. The largest absolute Gasteiger partial charge is 0.373 e. The molecule has 6 heteroatoms. The Kier molecular flexibility index (Phi) is 4.02. The van der Waals surface area contributed by atoms with Crippen molar-refractivity contribution in [3.63, 3.8) is 0 Å². The minimum atomic E-state index is -0.171. The smallest absolute Gasteiger partial charge is 0.255 e. The Labute approximate surface area is 118 Å². The van der Waals surface area contributed by atoms with Gasteiger partial charge in [-0.15, -0.1) is 0 Å². The molecule has 0 bridgehead atoms. The Bertz CT molecular complexity index is 618. The van der Waals surface area contributed by atoms with Gasteiger partial charge >= 0.3 is 0 Å². The number of hydrogen-bond donors (Lipinski definition) is 2. The number of anilines is 2. The van der Waals surface area contributed by atoms with Crippen LogP contribution in [0.1, 0.15) is 35.9 Å². The van der Waals surface area contributed by atoms with Crippen molar-refractivity contribution in [3.8, 4) is 0 Å². The average Bonchev–Trinajstić information content (AvgIpc) is 2.86. The van der Waals surface area contributed by atoms with Crippen molar-refractivity contribution < 1.29 is 4.79 Å². The lowest BCUT2D eigenvalue weighted by atomic mass is 10.2. The molecule has 1 amide bonds. The van der Waals surface area contributed by atoms with Gasteiger partial charge < -0.3 is 10.6 Å². The number of hydrogen-bond acceptors (Lipinski definition) is 4. The van der Waals surface area contributed by atoms with Crippen LogP contribution in [0.5, 0.6) is 0 Å². The number of nitrogens with zero attached hydrogens (tertiary/aromatic N) is 3. The second-order valence-electron chi connectivity index (χ2n) is 4.89. The highest BCUT2D eigenvalue weighted by Gasteiger charge is 2.10. The molecule has 0 aliphatic rings. The molecule has 0 fully saturated rings. The Morgan fingerprint density at radius 3 is 2.70 bits per heavy atom. The zero-order chi connectivity index (χ0) is 14.7. The van der Waals surface area contributed by atoms with Crippen molar-refractivity contribution >= 4 is 17.4 Å². The van der Waals surface area contributed by atoms with E-state index < -0.39 is 0 Å². The van der Waals surface area contributed by atoms with E-state index in [0.717, 1.165) is 5.69 Å². The number of amides is 1. The van der Waals surface area contributed by atoms with Gasteiger partial charge in [0.05, 0.1) is 11.9 Å². The monoisotopic (exact) mass is 273 g/mol. The van der Waals surface area contributed by atoms with Crippen LogP contribution in [-0.4, -0.2) is 27.7 Å². The number of aromatic nitrogens is 3. The first-order chi connectivity index (χ1) is 9.49. The summed E-state index contributed by atoms with van der Waals surface area (Å²) in [5.74, 6) is 0.503. The highest BCUT2D eigenvalue weighted by molar-refractivity contribution is 6.04. The molecule has 106 valence electrons. The predicted molar refractivity (Wildman–Crippen MR) is 79.1 cm³/mol. The molecule has 0 saturated carbocycles. The first kappa shape index (κ1) is 14.0. The van der Waals surface area contributed by atoms with Gasteiger partial charge in [0, 0.05) is 30.5 Å². The molecule has 2 N–H and O–H groups in total. The zero-order valence-electron chi connectivity index (χ0n) is 12.1. The van der Waals surface area contributed by atoms with Crippen molar-refractivity contribution in [2.45, 2.75) is 26.8 Å². The summed E-state index contributed by atoms with van der Waals surface area (Å²) in [6, 6.07) is 3.73. The van der Waals surface area contributed by atoms with E-state index in [9.17, 15) is 4.79 Å². The normalized spacial score (nSPS) is 10.7. The molecule has 0 atom stereocenters. The van der Waals surface area contributed by atoms with Gasteiger partial charge in [0.1, 0.15) is 5.82 Å². The molecule has 0 aliphatic carbocycles. The number of rotatable bonds is 4. The molecule has 0 aliphatic heterocycles. The highest BCUT2D eigenvalue weighted by Crippen LogP contribution is 2.14. The summed E-state index contributed by atoms with van der Waals surface area (Å²) in [5, 5.41) is 9.96. The summed E-state index contributed by atoms with van der Waals surface area (Å²) in [7, 11) is 1.77. The first-order valence-electron chi connectivity index (χ1n) is 6.51. The van der Waals surface area contributed by atoms with Gasteiger partial charge in [0.2, 0.25) is 0 Å². The van der Waals surface area contributed by atoms with Gasteiger partial charge in [-0.25, -0.2) is 4.98 Å². The van der Waals surface area contributed by atoms with Crippen LogP contribution in [0, 0.1) is 6.92 Å². The molecule has 2 aromatic rings. The fraction of sp³-hybridized carbons (Fsp3) is 0.357. The summed E-state index contributed by atoms with van der Waals surface area (Å²) in [5.41, 5.74) is 2.04. The number of nitrogens with one attached hydrogen (secondary N) is 2. The van der Waals surface area contributed by atoms with Crippen LogP contribution >= 0.6 is 0 Å². The highest BCUT2D eigenvalue weighted by atomic mass is 16.1. The van der Waals surface area contributed by atoms with Gasteiger partial charge in [-0.3, -0.25) is 9.48 Å². The van der Waals surface area contributed by atoms with E-state index in [2.05, 4.69) is 20.7 Å². The average molecular weight is 273 g/mol. The second kappa shape index (κ2) is 5.73. The van der Waals surface area contributed by atoms with Gasteiger partial charge in [-0.1, -0.05) is 0 Å². The van der Waals surface area contributed by atoms with Gasteiger partial charge in [-0.2, -0.15) is 5.10 Å². The van der Waals surface area contributed by atoms with Crippen molar-refractivity contribution in [1.29, 1.82) is 0 Å². The van der Waals surface area contributed by atoms with Crippen LogP contribution in [-0.2, 0) is 0 Å². The number of aryl methyl sites for hydroxylation is 1. The number of carbonyl (C=O) groups is 1. The van der Waals surface area contributed by atoms with E-state index in [4.69, 9.17) is 0 Å². The minimum Gasteiger partial charge on any atom is -0.373 e. The molecule has 2 heterocycles. The summed E-state index contributed by atoms with van der Waals surface area (Å²) < 4.78 is 1.80. The maximum absolute atomic E-state index is 12.2. The zero-order valence-corrected chi connectivity index (χ0v) is 12.1. The van der Waals surface area contributed by atoms with Gasteiger partial charge in [0.15, 0.2) is 0 Å². The predicted octanol–water partition coefficient (Wildman–Crippen LogP) is 2.46. The lowest BCUT2D eigenvalue weighted by Crippen LogP contribution is -2.12. The Morgan fingerprint density at radius 2 is 2.10 bits per heavy atom. The third-order valence-electron chi connectivity index (χ3n) is 2.86. The SMILES string of the molecule is CNc1cc(C(=O)Nc2cnn(C(C)C)c2)cc(C)n1. The summed E-state index contributed by atoms with van der Waals surface area (Å²) >= 11 is 0. The summed E-state index contributed by atoms with van der Waals surface area (Å²) in [6.45, 7) is 5.92. The molecule has 0 unspecified atom stereocenters. The fourth-order valence-electron chi connectivity index (χ4n) is 1.82. The van der Waals surface area contributed by atoms with Crippen LogP contribution in [0.25, 0.3) is 0 Å². The molecule has 2 aromatic heterocycles. The quantitative estimate of drug-likeness (QED) is 0.897. The van der Waals surface area contributed by atoms with E-state index in [1.54, 1.807) is 30.1 Å². The first-order valence-corrected chi connectivity index (χ1v) is 6.51. The Hall–Kier alpha value is -2.37. The van der Waals surface area contributed by atoms with E-state index in [1.165, 1.54) is 0 Å². The number of carbonyl (C=O) groups excluding carboxylic acids is 1. The summed E-state index contributed by atoms with van der Waals surface area (Å²) in [6.07, 6.45) is 3.46. The van der Waals surface area contributed by atoms with Crippen LogP contribution in [0.4, 0.5) is 11.5 Å². The summed E-state index contributed by atoms with van der Waals surface area (Å²) in [4.78, 5) is 16.5. The van der Waals surface area contributed by atoms with Crippen molar-refractivity contribution in [2.24, 2.45) is 0 Å². The molecular weight excluding hydrogens is 254 g/mol. The van der Waals surface area contributed by atoms with E-state index in [-0.39, 0.29) is 11.9 Å². The van der Waals surface area contributed by atoms with Crippen LogP contribution in [0.2, 0.25) is 0 Å². The van der Waals surface area contributed by atoms with Crippen molar-refractivity contribution in [3.05, 3.63) is 35.8 Å². The van der Waals surface area contributed by atoms with Gasteiger partial charge in [-0.05, 0) is 32.9 Å². The molecular formula is C14H19N5O. The van der Waals surface area contributed by atoms with Crippen LogP contribution in [0.3, 0.4) is 0 Å². The third kappa shape index (κ3) is 3.14. The number of pyridine rings is 1. The molecule has 20 heavy (non-hydrogen) atoms. The minimum absolute atomic E-state index is 0.171. The molecule has 0 spiro atoms. The Balaban J connectivity index is 2.16. The van der Waals surface area contributed by atoms with Crippen LogP contribution in [0.15, 0.2) is 24.5 Å². The topological polar surface area (TPSA) is 71.8 Å².